The van der Waals surface area contributed by atoms with Gasteiger partial charge in [0.2, 0.25) is 0 Å². The first-order valence-corrected chi connectivity index (χ1v) is 11.2. The highest BCUT2D eigenvalue weighted by Crippen LogP contribution is 2.45. The zero-order valence-corrected chi connectivity index (χ0v) is 18.2. The molecule has 2 aromatic rings. The maximum atomic E-state index is 12.4. The number of aromatic nitrogens is 1. The van der Waals surface area contributed by atoms with Crippen LogP contribution >= 0.6 is 0 Å². The first-order chi connectivity index (χ1) is 15.1. The molecular formula is C24H30N4O3. The van der Waals surface area contributed by atoms with Gasteiger partial charge in [-0.3, -0.25) is 0 Å². The minimum absolute atomic E-state index is 0.109. The summed E-state index contributed by atoms with van der Waals surface area (Å²) in [6.07, 6.45) is 5.39. The molecule has 0 radical (unpaired) electrons. The van der Waals surface area contributed by atoms with Crippen LogP contribution in [0.15, 0.2) is 30.5 Å². The molecule has 1 aromatic carbocycles. The smallest absolute Gasteiger partial charge is 0.315 e. The molecule has 0 aliphatic carbocycles. The van der Waals surface area contributed by atoms with Crippen LogP contribution in [-0.2, 0) is 11.2 Å². The average Bonchev–Trinajstić information content (AvgIpc) is 3.14. The second kappa shape index (κ2) is 8.04. The number of anilines is 1. The summed E-state index contributed by atoms with van der Waals surface area (Å²) in [6.45, 7) is 4.91. The third-order valence-electron chi connectivity index (χ3n) is 6.69. The van der Waals surface area contributed by atoms with Crippen LogP contribution in [0.25, 0.3) is 11.1 Å². The van der Waals surface area contributed by atoms with E-state index in [9.17, 15) is 4.79 Å². The summed E-state index contributed by atoms with van der Waals surface area (Å²) in [5.41, 5.74) is 4.22. The first-order valence-electron chi connectivity index (χ1n) is 11.2. The van der Waals surface area contributed by atoms with Crippen molar-refractivity contribution in [1.29, 1.82) is 0 Å². The molecule has 2 amide bonds. The third-order valence-corrected chi connectivity index (χ3v) is 6.69. The molecule has 3 aliphatic heterocycles. The van der Waals surface area contributed by atoms with E-state index in [0.29, 0.717) is 19.8 Å². The van der Waals surface area contributed by atoms with Crippen molar-refractivity contribution in [3.8, 4) is 16.9 Å². The fraction of sp³-hybridized carbons (Fsp3) is 0.500. The van der Waals surface area contributed by atoms with Gasteiger partial charge in [0.05, 0.1) is 19.3 Å². The van der Waals surface area contributed by atoms with Crippen LogP contribution < -0.4 is 20.3 Å². The number of amides is 2. The molecule has 1 saturated heterocycles. The lowest BCUT2D eigenvalue weighted by Crippen LogP contribution is -2.49. The number of likely N-dealkylation sites (N-methyl/N-ethyl adjacent to an activating group) is 1. The van der Waals surface area contributed by atoms with Crippen LogP contribution in [0.4, 0.5) is 10.6 Å². The fourth-order valence-corrected chi connectivity index (χ4v) is 4.98. The van der Waals surface area contributed by atoms with Crippen LogP contribution in [0, 0.1) is 0 Å². The van der Waals surface area contributed by atoms with E-state index in [1.165, 1.54) is 5.56 Å². The molecule has 7 nitrogen and oxygen atoms in total. The van der Waals surface area contributed by atoms with Gasteiger partial charge in [-0.25, -0.2) is 9.78 Å². The molecule has 2 N–H and O–H groups in total. The molecule has 1 spiro atoms. The lowest BCUT2D eigenvalue weighted by molar-refractivity contribution is -0.0637. The monoisotopic (exact) mass is 422 g/mol. The van der Waals surface area contributed by atoms with E-state index in [4.69, 9.17) is 9.47 Å². The summed E-state index contributed by atoms with van der Waals surface area (Å²) in [5.74, 6) is 1.93. The van der Waals surface area contributed by atoms with Gasteiger partial charge in [-0.1, -0.05) is 6.07 Å². The Bertz CT molecular complexity index is 987. The molecule has 4 heterocycles. The molecule has 0 saturated carbocycles. The number of urea groups is 1. The van der Waals surface area contributed by atoms with Crippen LogP contribution in [0.3, 0.4) is 0 Å². The first kappa shape index (κ1) is 20.1. The topological polar surface area (TPSA) is 75.7 Å². The summed E-state index contributed by atoms with van der Waals surface area (Å²) in [5, 5.41) is 6.04. The number of nitrogens with one attached hydrogen (secondary N) is 2. The molecule has 1 aromatic heterocycles. The zero-order valence-electron chi connectivity index (χ0n) is 18.2. The molecule has 0 bridgehead atoms. The summed E-state index contributed by atoms with van der Waals surface area (Å²) >= 11 is 0. The van der Waals surface area contributed by atoms with Gasteiger partial charge in [-0.15, -0.1) is 0 Å². The minimum atomic E-state index is -0.281. The lowest BCUT2D eigenvalue weighted by atomic mass is 9.81. The number of benzene rings is 1. The van der Waals surface area contributed by atoms with E-state index in [1.807, 2.05) is 19.2 Å². The summed E-state index contributed by atoms with van der Waals surface area (Å²) < 4.78 is 12.1. The summed E-state index contributed by atoms with van der Waals surface area (Å²) in [4.78, 5) is 19.3. The minimum Gasteiger partial charge on any atom is -0.487 e. The number of carbonyl (C=O) groups excluding carboxylic acids is 1. The number of ether oxygens (including phenoxy) is 2. The number of hydrogen-bond donors (Lipinski definition) is 2. The van der Waals surface area contributed by atoms with Crippen LogP contribution in [0.2, 0.25) is 0 Å². The SMILES string of the molecule is CCNC(=O)NC1CC2(CCOCC2)Oc2ccc(-c3cnc4c(c3)CCN4C)cc21. The average molecular weight is 423 g/mol. The van der Waals surface area contributed by atoms with Gasteiger partial charge >= 0.3 is 6.03 Å². The number of fused-ring (bicyclic) bond motifs is 2. The standard InChI is InChI=1S/C24H30N4O3/c1-3-25-23(29)27-20-14-24(7-10-30-11-8-24)31-21-5-4-16(13-19(20)21)18-12-17-6-9-28(2)22(17)26-15-18/h4-5,12-13,15,20H,3,6-11,14H2,1-2H3,(H2,25,27,29). The Labute approximate surface area is 183 Å². The maximum absolute atomic E-state index is 12.4. The highest BCUT2D eigenvalue weighted by molar-refractivity contribution is 5.75. The van der Waals surface area contributed by atoms with Crippen LogP contribution in [0.5, 0.6) is 5.75 Å². The van der Waals surface area contributed by atoms with Crippen molar-refractivity contribution in [2.75, 3.05) is 38.3 Å². The number of pyridine rings is 1. The Hall–Kier alpha value is -2.80. The van der Waals surface area contributed by atoms with Gasteiger partial charge in [0.1, 0.15) is 17.2 Å². The zero-order chi connectivity index (χ0) is 21.4. The molecule has 3 aliphatic rings. The van der Waals surface area contributed by atoms with Crippen molar-refractivity contribution in [2.45, 2.75) is 44.2 Å². The normalized spacial score (nSPS) is 21.2. The Morgan fingerprint density at radius 1 is 1.26 bits per heavy atom. The highest BCUT2D eigenvalue weighted by Gasteiger charge is 2.43. The predicted molar refractivity (Wildman–Crippen MR) is 120 cm³/mol. The summed E-state index contributed by atoms with van der Waals surface area (Å²) in [7, 11) is 2.08. The molecule has 31 heavy (non-hydrogen) atoms. The van der Waals surface area contributed by atoms with Crippen molar-refractivity contribution in [2.24, 2.45) is 0 Å². The van der Waals surface area contributed by atoms with E-state index < -0.39 is 0 Å². The Balaban J connectivity index is 1.49. The van der Waals surface area contributed by atoms with Crippen LogP contribution in [0.1, 0.15) is 43.4 Å². The van der Waals surface area contributed by atoms with Gasteiger partial charge in [0, 0.05) is 56.7 Å². The summed E-state index contributed by atoms with van der Waals surface area (Å²) in [6, 6.07) is 8.29. The molecule has 7 heteroatoms. The van der Waals surface area contributed by atoms with Crippen molar-refractivity contribution >= 4 is 11.8 Å². The van der Waals surface area contributed by atoms with Gasteiger partial charge < -0.3 is 25.0 Å². The number of hydrogen-bond acceptors (Lipinski definition) is 5. The molecule has 5 rings (SSSR count). The number of rotatable bonds is 3. The van der Waals surface area contributed by atoms with E-state index in [2.05, 4.69) is 45.8 Å². The lowest BCUT2D eigenvalue weighted by Gasteiger charge is -2.44. The van der Waals surface area contributed by atoms with E-state index in [0.717, 1.165) is 60.5 Å². The fourth-order valence-electron chi connectivity index (χ4n) is 4.98. The van der Waals surface area contributed by atoms with Gasteiger partial charge in [-0.05, 0) is 42.7 Å². The van der Waals surface area contributed by atoms with E-state index in [1.54, 1.807) is 0 Å². The molecule has 1 atom stereocenters. The molecular weight excluding hydrogens is 392 g/mol. The largest absolute Gasteiger partial charge is 0.487 e. The van der Waals surface area contributed by atoms with Gasteiger partial charge in [-0.2, -0.15) is 0 Å². The number of carbonyl (C=O) groups is 1. The Morgan fingerprint density at radius 2 is 2.10 bits per heavy atom. The third kappa shape index (κ3) is 3.82. The second-order valence-corrected chi connectivity index (χ2v) is 8.79. The number of nitrogens with zero attached hydrogens (tertiary/aromatic N) is 2. The van der Waals surface area contributed by atoms with Crippen LogP contribution in [-0.4, -0.2) is 50.0 Å². The molecule has 1 unspecified atom stereocenters. The second-order valence-electron chi connectivity index (χ2n) is 8.79. The quantitative estimate of drug-likeness (QED) is 0.793. The van der Waals surface area contributed by atoms with E-state index in [-0.39, 0.29) is 17.7 Å². The molecule has 164 valence electrons. The van der Waals surface area contributed by atoms with E-state index >= 15 is 0 Å². The van der Waals surface area contributed by atoms with Crippen molar-refractivity contribution in [3.63, 3.8) is 0 Å². The van der Waals surface area contributed by atoms with Gasteiger partial charge in [0.25, 0.3) is 0 Å². The maximum Gasteiger partial charge on any atom is 0.315 e. The molecule has 1 fully saturated rings. The van der Waals surface area contributed by atoms with Crippen molar-refractivity contribution < 1.29 is 14.3 Å². The van der Waals surface area contributed by atoms with Crippen molar-refractivity contribution in [3.05, 3.63) is 41.6 Å². The highest BCUT2D eigenvalue weighted by atomic mass is 16.5. The Morgan fingerprint density at radius 3 is 2.90 bits per heavy atom. The van der Waals surface area contributed by atoms with Crippen molar-refractivity contribution in [1.82, 2.24) is 15.6 Å². The predicted octanol–water partition coefficient (Wildman–Crippen LogP) is 3.43. The van der Waals surface area contributed by atoms with Gasteiger partial charge in [0.15, 0.2) is 0 Å². The Kier molecular flexibility index (Phi) is 5.22.